The predicted molar refractivity (Wildman–Crippen MR) is 126 cm³/mol. The summed E-state index contributed by atoms with van der Waals surface area (Å²) >= 11 is 6.46. The number of aryl methyl sites for hydroxylation is 1. The molecule has 1 aliphatic rings. The highest BCUT2D eigenvalue weighted by molar-refractivity contribution is 6.31. The van der Waals surface area contributed by atoms with E-state index in [9.17, 15) is 14.0 Å². The summed E-state index contributed by atoms with van der Waals surface area (Å²) in [6.45, 7) is 5.32. The highest BCUT2D eigenvalue weighted by Gasteiger charge is 2.51. The summed E-state index contributed by atoms with van der Waals surface area (Å²) in [6, 6.07) is 5.91. The zero-order valence-electron chi connectivity index (χ0n) is 19.7. The number of halogens is 2. The molecule has 2 N–H and O–H groups in total. The van der Waals surface area contributed by atoms with Crippen molar-refractivity contribution < 1.29 is 18.7 Å². The molecule has 4 rings (SSSR count). The highest BCUT2D eigenvalue weighted by atomic mass is 35.5. The van der Waals surface area contributed by atoms with E-state index < -0.39 is 23.1 Å². The fourth-order valence-corrected chi connectivity index (χ4v) is 3.69. The average molecular weight is 502 g/mol. The summed E-state index contributed by atoms with van der Waals surface area (Å²) in [7, 11) is 1.62. The van der Waals surface area contributed by atoms with Gasteiger partial charge >= 0.3 is 6.09 Å². The van der Waals surface area contributed by atoms with Gasteiger partial charge in [0.05, 0.1) is 24.3 Å². The number of carbonyl (C=O) groups excluding carboxylic acids is 2. The van der Waals surface area contributed by atoms with Gasteiger partial charge in [-0.15, -0.1) is 10.2 Å². The molecule has 2 heterocycles. The first kappa shape index (κ1) is 24.5. The largest absolute Gasteiger partial charge is 0.444 e. The summed E-state index contributed by atoms with van der Waals surface area (Å²) in [5.74, 6) is -0.509. The Bertz CT molecular complexity index is 1280. The van der Waals surface area contributed by atoms with Crippen LogP contribution in [-0.2, 0) is 23.1 Å². The Morgan fingerprint density at radius 2 is 1.97 bits per heavy atom. The van der Waals surface area contributed by atoms with Crippen molar-refractivity contribution in [2.45, 2.75) is 51.3 Å². The van der Waals surface area contributed by atoms with E-state index in [1.165, 1.54) is 16.9 Å². The zero-order chi connectivity index (χ0) is 25.4. The Morgan fingerprint density at radius 3 is 2.57 bits per heavy atom. The molecule has 3 aromatic rings. The van der Waals surface area contributed by atoms with Crippen LogP contribution in [0.15, 0.2) is 30.5 Å². The summed E-state index contributed by atoms with van der Waals surface area (Å²) in [5.41, 5.74) is 0.491. The van der Waals surface area contributed by atoms with E-state index in [-0.39, 0.29) is 18.3 Å². The van der Waals surface area contributed by atoms with Crippen LogP contribution in [0.2, 0.25) is 5.02 Å². The van der Waals surface area contributed by atoms with Gasteiger partial charge in [-0.1, -0.05) is 17.7 Å². The maximum atomic E-state index is 13.9. The molecule has 35 heavy (non-hydrogen) atoms. The number of hydrogen-bond acceptors (Lipinski definition) is 7. The minimum absolute atomic E-state index is 0.0671. The Balaban J connectivity index is 1.47. The standard InChI is InChI=1S/C23H25ClFN7O3/c1-22(2,3)35-21(34)28-23(7-8-23)20(33)27-12-18-17(24)9-13(11-26-18)15-6-5-14(25)10-16(15)19-29-31-32(4)30-19/h5-6,9-11H,7-8,12H2,1-4H3,(H,27,33)(H,28,34). The van der Waals surface area contributed by atoms with Crippen LogP contribution >= 0.6 is 11.6 Å². The molecule has 2 amide bonds. The van der Waals surface area contributed by atoms with E-state index in [0.717, 1.165) is 0 Å². The third-order valence-electron chi connectivity index (χ3n) is 5.30. The maximum Gasteiger partial charge on any atom is 0.408 e. The predicted octanol–water partition coefficient (Wildman–Crippen LogP) is 3.41. The van der Waals surface area contributed by atoms with Gasteiger partial charge < -0.3 is 15.4 Å². The normalized spacial score (nSPS) is 14.3. The van der Waals surface area contributed by atoms with Crippen LogP contribution in [0, 0.1) is 5.82 Å². The number of hydrogen-bond donors (Lipinski definition) is 2. The summed E-state index contributed by atoms with van der Waals surface area (Å²) in [5, 5.41) is 17.7. The number of benzene rings is 1. The van der Waals surface area contributed by atoms with E-state index in [4.69, 9.17) is 16.3 Å². The lowest BCUT2D eigenvalue weighted by molar-refractivity contribution is -0.124. The smallest absolute Gasteiger partial charge is 0.408 e. The van der Waals surface area contributed by atoms with Gasteiger partial charge in [0.25, 0.3) is 0 Å². The van der Waals surface area contributed by atoms with Crippen molar-refractivity contribution in [3.8, 4) is 22.5 Å². The van der Waals surface area contributed by atoms with Gasteiger partial charge in [-0.3, -0.25) is 9.78 Å². The lowest BCUT2D eigenvalue weighted by Crippen LogP contribution is -2.50. The maximum absolute atomic E-state index is 13.9. The van der Waals surface area contributed by atoms with Crippen molar-refractivity contribution in [1.82, 2.24) is 35.8 Å². The molecular formula is C23H25ClFN7O3. The van der Waals surface area contributed by atoms with Crippen molar-refractivity contribution in [3.05, 3.63) is 47.0 Å². The number of aromatic nitrogens is 5. The lowest BCUT2D eigenvalue weighted by Gasteiger charge is -2.23. The van der Waals surface area contributed by atoms with Crippen LogP contribution in [0.5, 0.6) is 0 Å². The molecule has 0 unspecified atom stereocenters. The monoisotopic (exact) mass is 501 g/mol. The Morgan fingerprint density at radius 1 is 1.23 bits per heavy atom. The fourth-order valence-electron chi connectivity index (χ4n) is 3.45. The van der Waals surface area contributed by atoms with Crippen LogP contribution < -0.4 is 10.6 Å². The SMILES string of the molecule is Cn1nnc(-c2cc(F)ccc2-c2cnc(CNC(=O)C3(NC(=O)OC(C)(C)C)CC3)c(Cl)c2)n1. The minimum Gasteiger partial charge on any atom is -0.444 e. The molecule has 1 aromatic carbocycles. The van der Waals surface area contributed by atoms with Crippen molar-refractivity contribution in [3.63, 3.8) is 0 Å². The second-order valence-corrected chi connectivity index (χ2v) is 9.74. The summed E-state index contributed by atoms with van der Waals surface area (Å²) in [6.07, 6.45) is 1.97. The van der Waals surface area contributed by atoms with Crippen molar-refractivity contribution in [2.24, 2.45) is 7.05 Å². The number of nitrogens with zero attached hydrogens (tertiary/aromatic N) is 5. The molecule has 2 aromatic heterocycles. The molecule has 0 aliphatic heterocycles. The molecule has 1 fully saturated rings. The second kappa shape index (κ2) is 9.21. The van der Waals surface area contributed by atoms with Gasteiger partial charge in [-0.05, 0) is 62.6 Å². The molecular weight excluding hydrogens is 477 g/mol. The molecule has 1 aliphatic carbocycles. The number of pyridine rings is 1. The van der Waals surface area contributed by atoms with Gasteiger partial charge in [0.15, 0.2) is 0 Å². The van der Waals surface area contributed by atoms with E-state index >= 15 is 0 Å². The van der Waals surface area contributed by atoms with Crippen LogP contribution in [-0.4, -0.2) is 48.3 Å². The molecule has 0 radical (unpaired) electrons. The van der Waals surface area contributed by atoms with Crippen LogP contribution in [0.1, 0.15) is 39.3 Å². The second-order valence-electron chi connectivity index (χ2n) is 9.34. The molecule has 1 saturated carbocycles. The number of rotatable bonds is 6. The Hall–Kier alpha value is -3.60. The van der Waals surface area contributed by atoms with Gasteiger partial charge in [-0.25, -0.2) is 9.18 Å². The number of ether oxygens (including phenoxy) is 1. The number of carbonyl (C=O) groups is 2. The molecule has 0 atom stereocenters. The summed E-state index contributed by atoms with van der Waals surface area (Å²) in [4.78, 5) is 30.5. The zero-order valence-corrected chi connectivity index (χ0v) is 20.5. The van der Waals surface area contributed by atoms with Gasteiger partial charge in [0.1, 0.15) is 17.0 Å². The average Bonchev–Trinajstić information content (AvgIpc) is 3.41. The van der Waals surface area contributed by atoms with E-state index in [2.05, 4.69) is 31.0 Å². The Labute approximate surface area is 206 Å². The molecule has 12 heteroatoms. The van der Waals surface area contributed by atoms with Gasteiger partial charge in [0, 0.05) is 17.3 Å². The quantitative estimate of drug-likeness (QED) is 0.530. The van der Waals surface area contributed by atoms with Crippen LogP contribution in [0.25, 0.3) is 22.5 Å². The van der Waals surface area contributed by atoms with E-state index in [1.54, 1.807) is 46.1 Å². The first-order valence-corrected chi connectivity index (χ1v) is 11.3. The third kappa shape index (κ3) is 5.73. The molecule has 0 saturated heterocycles. The van der Waals surface area contributed by atoms with E-state index in [0.29, 0.717) is 40.2 Å². The topological polar surface area (TPSA) is 124 Å². The number of amides is 2. The summed E-state index contributed by atoms with van der Waals surface area (Å²) < 4.78 is 19.2. The molecule has 10 nitrogen and oxygen atoms in total. The van der Waals surface area contributed by atoms with Crippen LogP contribution in [0.4, 0.5) is 9.18 Å². The highest BCUT2D eigenvalue weighted by Crippen LogP contribution is 2.36. The van der Waals surface area contributed by atoms with E-state index in [1.807, 2.05) is 0 Å². The first-order chi connectivity index (χ1) is 16.5. The number of tetrazole rings is 1. The Kier molecular flexibility index (Phi) is 6.46. The van der Waals surface area contributed by atoms with Crippen molar-refractivity contribution in [1.29, 1.82) is 0 Å². The third-order valence-corrected chi connectivity index (χ3v) is 5.63. The first-order valence-electron chi connectivity index (χ1n) is 10.9. The molecule has 0 spiro atoms. The molecule has 184 valence electrons. The molecule has 0 bridgehead atoms. The number of alkyl carbamates (subject to hydrolysis) is 1. The van der Waals surface area contributed by atoms with Crippen molar-refractivity contribution >= 4 is 23.6 Å². The van der Waals surface area contributed by atoms with Crippen LogP contribution in [0.3, 0.4) is 0 Å². The number of nitrogens with one attached hydrogen (secondary N) is 2. The lowest BCUT2D eigenvalue weighted by atomic mass is 10.00. The van der Waals surface area contributed by atoms with Gasteiger partial charge in [0.2, 0.25) is 11.7 Å². The fraction of sp³-hybridized carbons (Fsp3) is 0.391. The van der Waals surface area contributed by atoms with Crippen molar-refractivity contribution in [2.75, 3.05) is 0 Å². The van der Waals surface area contributed by atoms with Gasteiger partial charge in [-0.2, -0.15) is 4.80 Å². The minimum atomic E-state index is -0.985.